The van der Waals surface area contributed by atoms with Crippen LogP contribution in [0.5, 0.6) is 0 Å². The van der Waals surface area contributed by atoms with Crippen LogP contribution in [-0.2, 0) is 25.9 Å². The zero-order chi connectivity index (χ0) is 22.8. The van der Waals surface area contributed by atoms with Crippen molar-refractivity contribution in [2.45, 2.75) is 27.4 Å². The van der Waals surface area contributed by atoms with Gasteiger partial charge in [-0.15, -0.1) is 0 Å². The van der Waals surface area contributed by atoms with Gasteiger partial charge in [0.2, 0.25) is 0 Å². The van der Waals surface area contributed by atoms with E-state index < -0.39 is 0 Å². The Labute approximate surface area is 181 Å². The van der Waals surface area contributed by atoms with E-state index in [2.05, 4.69) is 30.8 Å². The van der Waals surface area contributed by atoms with Crippen molar-refractivity contribution in [1.82, 2.24) is 15.3 Å². The first-order valence-electron chi connectivity index (χ1n) is 9.42. The lowest BCUT2D eigenvalue weighted by molar-refractivity contribution is -0.114. The molecule has 164 valence electrons. The molecule has 0 aliphatic rings. The lowest BCUT2D eigenvalue weighted by Gasteiger charge is -2.13. The lowest BCUT2D eigenvalue weighted by atomic mass is 9.98. The summed E-state index contributed by atoms with van der Waals surface area (Å²) in [6, 6.07) is 5.53. The van der Waals surface area contributed by atoms with E-state index in [4.69, 9.17) is 14.5 Å². The summed E-state index contributed by atoms with van der Waals surface area (Å²) >= 11 is 0. The number of benzene rings is 1. The van der Waals surface area contributed by atoms with E-state index in [-0.39, 0.29) is 18.2 Å². The smallest absolute Gasteiger partial charge is 0.273 e. The fourth-order valence-corrected chi connectivity index (χ4v) is 2.68. The highest BCUT2D eigenvalue weighted by Gasteiger charge is 2.19. The van der Waals surface area contributed by atoms with Gasteiger partial charge < -0.3 is 19.8 Å². The zero-order valence-electron chi connectivity index (χ0n) is 18.5. The van der Waals surface area contributed by atoms with E-state index in [9.17, 15) is 4.79 Å². The van der Waals surface area contributed by atoms with Crippen molar-refractivity contribution >= 4 is 23.0 Å². The van der Waals surface area contributed by atoms with Gasteiger partial charge in [-0.3, -0.25) is 9.78 Å². The largest absolute Gasteiger partial charge is 0.399 e. The predicted molar refractivity (Wildman–Crippen MR) is 117 cm³/mol. The fraction of sp³-hybridized carbons (Fsp3) is 0.333. The molecule has 0 unspecified atom stereocenters. The van der Waals surface area contributed by atoms with Crippen molar-refractivity contribution in [2.75, 3.05) is 21.3 Å². The molecule has 0 bridgehead atoms. The van der Waals surface area contributed by atoms with E-state index in [1.807, 2.05) is 19.1 Å². The molecule has 1 aromatic carbocycles. The number of nitrogens with one attached hydrogen (secondary N) is 1. The Morgan fingerprint density at radius 1 is 1.03 bits per heavy atom. The molecule has 1 amide bonds. The van der Waals surface area contributed by atoms with Crippen LogP contribution in [0.2, 0.25) is 0 Å². The topological polar surface area (TPSA) is 120 Å². The number of nitrogens with zero attached hydrogens (tertiary/aromatic N) is 5. The number of rotatable bonds is 9. The maximum Gasteiger partial charge on any atom is 0.273 e. The molecule has 1 heterocycles. The number of hydrogen-bond donors (Lipinski definition) is 1. The number of aromatic nitrogens is 2. The molecule has 1 aromatic heterocycles. The van der Waals surface area contributed by atoms with E-state index in [1.54, 1.807) is 32.3 Å². The standard InChI is InChI=1S/C21H26N6O4/c1-13-8-7-9-16(20(27-30-6)21(28)22-4)17(13)12-31-26-15(3)19-11-23-10-18(24-19)14(2)25-29-5/h7-11H,12H2,1-6H3,(H,22,28)/b25-14+,26-15+,27-20+. The first-order valence-corrected chi connectivity index (χ1v) is 9.42. The first-order chi connectivity index (χ1) is 14.9. The van der Waals surface area contributed by atoms with E-state index in [1.165, 1.54) is 21.3 Å². The zero-order valence-corrected chi connectivity index (χ0v) is 18.5. The Hall–Kier alpha value is -3.82. The molecule has 0 saturated carbocycles. The molecule has 10 nitrogen and oxygen atoms in total. The fourth-order valence-electron chi connectivity index (χ4n) is 2.68. The second-order valence-electron chi connectivity index (χ2n) is 6.40. The Kier molecular flexibility index (Phi) is 8.62. The molecule has 2 aromatic rings. The van der Waals surface area contributed by atoms with Crippen molar-refractivity contribution in [2.24, 2.45) is 15.5 Å². The number of likely N-dealkylation sites (N-methyl/N-ethyl adjacent to an activating group) is 1. The van der Waals surface area contributed by atoms with Gasteiger partial charge in [-0.25, -0.2) is 4.98 Å². The average molecular weight is 426 g/mol. The van der Waals surface area contributed by atoms with Crippen LogP contribution in [-0.4, -0.2) is 54.3 Å². The first kappa shape index (κ1) is 23.5. The van der Waals surface area contributed by atoms with Crippen molar-refractivity contribution in [3.63, 3.8) is 0 Å². The van der Waals surface area contributed by atoms with Gasteiger partial charge in [0.15, 0.2) is 5.71 Å². The second kappa shape index (κ2) is 11.4. The molecule has 1 N–H and O–H groups in total. The van der Waals surface area contributed by atoms with Gasteiger partial charge in [0.25, 0.3) is 5.91 Å². The molecule has 0 spiro atoms. The summed E-state index contributed by atoms with van der Waals surface area (Å²) < 4.78 is 0. The Morgan fingerprint density at radius 3 is 2.29 bits per heavy atom. The van der Waals surface area contributed by atoms with Crippen molar-refractivity contribution in [3.8, 4) is 0 Å². The SMILES string of the molecule is CNC(=O)/C(=N/OC)c1cccc(C)c1CO/N=C(\C)c1cncc(/C(C)=N/OC)n1. The van der Waals surface area contributed by atoms with Gasteiger partial charge in [-0.2, -0.15) is 0 Å². The number of aryl methyl sites for hydroxylation is 1. The van der Waals surface area contributed by atoms with E-state index in [0.717, 1.165) is 11.1 Å². The number of amides is 1. The third-order valence-electron chi connectivity index (χ3n) is 4.30. The summed E-state index contributed by atoms with van der Waals surface area (Å²) in [6.45, 7) is 5.57. The lowest BCUT2D eigenvalue weighted by Crippen LogP contribution is -2.29. The molecule has 0 radical (unpaired) electrons. The van der Waals surface area contributed by atoms with Gasteiger partial charge in [0.05, 0.1) is 12.4 Å². The van der Waals surface area contributed by atoms with Gasteiger partial charge in [0.1, 0.15) is 43.6 Å². The van der Waals surface area contributed by atoms with Gasteiger partial charge in [0, 0.05) is 18.2 Å². The highest BCUT2D eigenvalue weighted by Crippen LogP contribution is 2.17. The van der Waals surface area contributed by atoms with Crippen LogP contribution in [0.1, 0.15) is 41.9 Å². The van der Waals surface area contributed by atoms with E-state index >= 15 is 0 Å². The maximum atomic E-state index is 12.2. The third-order valence-corrected chi connectivity index (χ3v) is 4.30. The quantitative estimate of drug-likeness (QED) is 0.485. The number of oxime groups is 3. The van der Waals surface area contributed by atoms with Gasteiger partial charge in [-0.05, 0) is 26.3 Å². The highest BCUT2D eigenvalue weighted by atomic mass is 16.6. The van der Waals surface area contributed by atoms with Crippen molar-refractivity contribution in [3.05, 3.63) is 58.7 Å². The summed E-state index contributed by atoms with van der Waals surface area (Å²) in [5.41, 5.74) is 4.68. The molecule has 0 aliphatic heterocycles. The Morgan fingerprint density at radius 2 is 1.68 bits per heavy atom. The summed E-state index contributed by atoms with van der Waals surface area (Å²) in [4.78, 5) is 36.1. The number of carbonyl (C=O) groups excluding carboxylic acids is 1. The predicted octanol–water partition coefficient (Wildman–Crippen LogP) is 2.19. The molecule has 10 heteroatoms. The van der Waals surface area contributed by atoms with Crippen LogP contribution in [0.3, 0.4) is 0 Å². The molecule has 0 atom stereocenters. The average Bonchev–Trinajstić information content (AvgIpc) is 2.78. The molecule has 0 aliphatic carbocycles. The van der Waals surface area contributed by atoms with Gasteiger partial charge >= 0.3 is 0 Å². The summed E-state index contributed by atoms with van der Waals surface area (Å²) in [5, 5.41) is 14.5. The number of hydrogen-bond acceptors (Lipinski definition) is 9. The molecule has 2 rings (SSSR count). The van der Waals surface area contributed by atoms with Crippen LogP contribution < -0.4 is 5.32 Å². The Bertz CT molecular complexity index is 1020. The van der Waals surface area contributed by atoms with Crippen LogP contribution >= 0.6 is 0 Å². The molecule has 31 heavy (non-hydrogen) atoms. The Balaban J connectivity index is 2.27. The number of carbonyl (C=O) groups is 1. The van der Waals surface area contributed by atoms with Crippen LogP contribution in [0.4, 0.5) is 0 Å². The minimum absolute atomic E-state index is 0.121. The molecular weight excluding hydrogens is 400 g/mol. The minimum Gasteiger partial charge on any atom is -0.399 e. The van der Waals surface area contributed by atoms with E-state index in [0.29, 0.717) is 28.4 Å². The van der Waals surface area contributed by atoms with Crippen molar-refractivity contribution in [1.29, 1.82) is 0 Å². The monoisotopic (exact) mass is 426 g/mol. The normalized spacial score (nSPS) is 12.4. The maximum absolute atomic E-state index is 12.2. The van der Waals surface area contributed by atoms with Crippen molar-refractivity contribution < 1.29 is 19.3 Å². The van der Waals surface area contributed by atoms with Crippen LogP contribution in [0.15, 0.2) is 46.1 Å². The third kappa shape index (κ3) is 6.08. The molecular formula is C21H26N6O4. The molecule has 0 saturated heterocycles. The highest BCUT2D eigenvalue weighted by molar-refractivity contribution is 6.45. The minimum atomic E-state index is -0.367. The second-order valence-corrected chi connectivity index (χ2v) is 6.40. The summed E-state index contributed by atoms with van der Waals surface area (Å²) in [7, 11) is 4.38. The molecule has 0 fully saturated rings. The van der Waals surface area contributed by atoms with Crippen LogP contribution in [0.25, 0.3) is 0 Å². The van der Waals surface area contributed by atoms with Crippen LogP contribution in [0, 0.1) is 6.92 Å². The summed E-state index contributed by atoms with van der Waals surface area (Å²) in [6.07, 6.45) is 3.17. The summed E-state index contributed by atoms with van der Waals surface area (Å²) in [5.74, 6) is -0.367. The van der Waals surface area contributed by atoms with Gasteiger partial charge in [-0.1, -0.05) is 33.7 Å².